The Morgan fingerprint density at radius 3 is 2.97 bits per heavy atom. The summed E-state index contributed by atoms with van der Waals surface area (Å²) in [7, 11) is -3.79. The topological polar surface area (TPSA) is 122 Å². The number of likely N-dealkylation sites (tertiary alicyclic amines) is 1. The van der Waals surface area contributed by atoms with Gasteiger partial charge in [-0.3, -0.25) is 9.20 Å². The van der Waals surface area contributed by atoms with Crippen molar-refractivity contribution in [2.24, 2.45) is 0 Å². The zero-order valence-corrected chi connectivity index (χ0v) is 18.7. The van der Waals surface area contributed by atoms with Crippen LogP contribution in [0.15, 0.2) is 47.5 Å². The van der Waals surface area contributed by atoms with Crippen molar-refractivity contribution in [3.8, 4) is 0 Å². The van der Waals surface area contributed by atoms with Crippen LogP contribution in [0.3, 0.4) is 0 Å². The van der Waals surface area contributed by atoms with Crippen molar-refractivity contribution >= 4 is 44.3 Å². The molecule has 0 bridgehead atoms. The van der Waals surface area contributed by atoms with Gasteiger partial charge in [-0.05, 0) is 37.1 Å². The number of sulfonamides is 1. The third-order valence-corrected chi connectivity index (χ3v) is 7.68. The molecule has 4 aromatic rings. The number of hydrogen-bond donors (Lipinski definition) is 1. The van der Waals surface area contributed by atoms with E-state index in [1.165, 1.54) is 6.07 Å². The number of nitrogens with one attached hydrogen (secondary N) is 1. The maximum absolute atomic E-state index is 12.8. The molecule has 1 atom stereocenters. The van der Waals surface area contributed by atoms with E-state index < -0.39 is 10.0 Å². The van der Waals surface area contributed by atoms with Crippen LogP contribution in [0.4, 0.5) is 0 Å². The van der Waals surface area contributed by atoms with Crippen LogP contribution in [0, 0.1) is 0 Å². The van der Waals surface area contributed by atoms with Crippen LogP contribution < -0.4 is 4.72 Å². The molecule has 32 heavy (non-hydrogen) atoms. The molecule has 1 unspecified atom stereocenters. The summed E-state index contributed by atoms with van der Waals surface area (Å²) >= 11 is 0.966. The lowest BCUT2D eigenvalue weighted by Crippen LogP contribution is -2.41. The molecular formula is C20H21N7O3S2. The second kappa shape index (κ2) is 8.52. The van der Waals surface area contributed by atoms with Gasteiger partial charge in [0.05, 0.1) is 11.7 Å². The van der Waals surface area contributed by atoms with Crippen molar-refractivity contribution in [1.82, 2.24) is 33.0 Å². The number of aromatic nitrogens is 5. The third-order valence-electron chi connectivity index (χ3n) is 5.65. The van der Waals surface area contributed by atoms with Gasteiger partial charge >= 0.3 is 0 Å². The molecule has 1 aliphatic rings. The van der Waals surface area contributed by atoms with Crippen LogP contribution in [0.2, 0.25) is 0 Å². The predicted molar refractivity (Wildman–Crippen MR) is 119 cm³/mol. The Labute approximate surface area is 188 Å². The third kappa shape index (κ3) is 3.96. The number of hydrogen-bond acceptors (Lipinski definition) is 8. The van der Waals surface area contributed by atoms with E-state index in [9.17, 15) is 13.2 Å². The summed E-state index contributed by atoms with van der Waals surface area (Å²) in [5.74, 6) is 0.861. The molecule has 0 spiro atoms. The maximum atomic E-state index is 12.8. The lowest BCUT2D eigenvalue weighted by atomic mass is 9.97. The van der Waals surface area contributed by atoms with Gasteiger partial charge in [-0.1, -0.05) is 12.1 Å². The van der Waals surface area contributed by atoms with Crippen molar-refractivity contribution in [3.05, 3.63) is 48.4 Å². The lowest BCUT2D eigenvalue weighted by Gasteiger charge is -2.32. The van der Waals surface area contributed by atoms with Gasteiger partial charge in [0.1, 0.15) is 21.8 Å². The molecule has 0 saturated carbocycles. The van der Waals surface area contributed by atoms with E-state index in [2.05, 4.69) is 23.7 Å². The highest BCUT2D eigenvalue weighted by Gasteiger charge is 2.28. The van der Waals surface area contributed by atoms with Gasteiger partial charge < -0.3 is 4.90 Å². The van der Waals surface area contributed by atoms with E-state index in [0.29, 0.717) is 24.1 Å². The first kappa shape index (κ1) is 20.9. The van der Waals surface area contributed by atoms with Crippen LogP contribution in [0.1, 0.15) is 31.0 Å². The number of pyridine rings is 1. The van der Waals surface area contributed by atoms with E-state index in [0.717, 1.165) is 36.0 Å². The number of piperidine rings is 1. The smallest absolute Gasteiger partial charge is 0.242 e. The molecule has 1 aliphatic heterocycles. The van der Waals surface area contributed by atoms with Crippen molar-refractivity contribution in [3.63, 3.8) is 0 Å². The van der Waals surface area contributed by atoms with E-state index in [1.807, 2.05) is 28.8 Å². The maximum Gasteiger partial charge on any atom is 0.242 e. The highest BCUT2D eigenvalue weighted by molar-refractivity contribution is 7.89. The number of amides is 1. The minimum Gasteiger partial charge on any atom is -0.342 e. The molecule has 0 radical (unpaired) electrons. The Kier molecular flexibility index (Phi) is 5.57. The first-order valence-electron chi connectivity index (χ1n) is 10.3. The van der Waals surface area contributed by atoms with E-state index in [1.54, 1.807) is 17.0 Å². The Morgan fingerprint density at radius 2 is 2.06 bits per heavy atom. The first-order chi connectivity index (χ1) is 15.5. The molecule has 12 heteroatoms. The zero-order valence-electron chi connectivity index (χ0n) is 17.1. The van der Waals surface area contributed by atoms with Gasteiger partial charge in [-0.2, -0.15) is 8.75 Å². The average molecular weight is 472 g/mol. The van der Waals surface area contributed by atoms with Gasteiger partial charge in [-0.15, -0.1) is 10.2 Å². The summed E-state index contributed by atoms with van der Waals surface area (Å²) in [5.41, 5.74) is 1.66. The van der Waals surface area contributed by atoms with Crippen LogP contribution in [-0.2, 0) is 14.8 Å². The summed E-state index contributed by atoms with van der Waals surface area (Å²) < 4.78 is 38.1. The molecule has 4 heterocycles. The highest BCUT2D eigenvalue weighted by atomic mass is 32.2. The summed E-state index contributed by atoms with van der Waals surface area (Å²) in [4.78, 5) is 14.7. The second-order valence-corrected chi connectivity index (χ2v) is 9.97. The van der Waals surface area contributed by atoms with Gasteiger partial charge in [0.15, 0.2) is 5.65 Å². The standard InChI is InChI=1S/C20H21N7O3S2/c28-18(9-10-21-32(29,30)16-7-3-6-15-19(16)25-31-24-15)26-11-4-5-14(13-26)20-23-22-17-8-1-2-12-27(17)20/h1-3,6-8,12,14,21H,4-5,9-11,13H2. The largest absolute Gasteiger partial charge is 0.342 e. The number of benzene rings is 1. The van der Waals surface area contributed by atoms with E-state index >= 15 is 0 Å². The fraction of sp³-hybridized carbons (Fsp3) is 0.350. The monoisotopic (exact) mass is 471 g/mol. The summed E-state index contributed by atoms with van der Waals surface area (Å²) in [6, 6.07) is 10.6. The average Bonchev–Trinajstić information content (AvgIpc) is 3.46. The van der Waals surface area contributed by atoms with Crippen molar-refractivity contribution in [2.45, 2.75) is 30.1 Å². The van der Waals surface area contributed by atoms with Crippen LogP contribution in [0.25, 0.3) is 16.7 Å². The van der Waals surface area contributed by atoms with Crippen LogP contribution in [-0.4, -0.2) is 62.2 Å². The molecule has 166 valence electrons. The molecule has 0 aliphatic carbocycles. The summed E-state index contributed by atoms with van der Waals surface area (Å²) in [5, 5.41) is 8.55. The second-order valence-electron chi connectivity index (χ2n) is 7.70. The number of fused-ring (bicyclic) bond motifs is 2. The normalized spacial score (nSPS) is 17.2. The Balaban J connectivity index is 1.22. The summed E-state index contributed by atoms with van der Waals surface area (Å²) in [6.45, 7) is 1.22. The minimum absolute atomic E-state index is 0.0180. The molecule has 1 amide bonds. The highest BCUT2D eigenvalue weighted by Crippen LogP contribution is 2.26. The van der Waals surface area contributed by atoms with Crippen molar-refractivity contribution in [2.75, 3.05) is 19.6 Å². The van der Waals surface area contributed by atoms with Crippen LogP contribution >= 0.6 is 11.7 Å². The van der Waals surface area contributed by atoms with Crippen molar-refractivity contribution in [1.29, 1.82) is 0 Å². The Bertz CT molecular complexity index is 1380. The number of nitrogens with zero attached hydrogens (tertiary/aromatic N) is 6. The molecule has 3 aromatic heterocycles. The summed E-state index contributed by atoms with van der Waals surface area (Å²) in [6.07, 6.45) is 3.80. The van der Waals surface area contributed by atoms with Gasteiger partial charge in [0.25, 0.3) is 0 Å². The number of carbonyl (C=O) groups excluding carboxylic acids is 1. The van der Waals surface area contributed by atoms with E-state index in [-0.39, 0.29) is 29.7 Å². The first-order valence-corrected chi connectivity index (χ1v) is 12.5. The molecule has 1 N–H and O–H groups in total. The van der Waals surface area contributed by atoms with E-state index in [4.69, 9.17) is 0 Å². The Morgan fingerprint density at radius 1 is 1.16 bits per heavy atom. The molecule has 1 saturated heterocycles. The lowest BCUT2D eigenvalue weighted by molar-refractivity contribution is -0.132. The quantitative estimate of drug-likeness (QED) is 0.455. The Hall–Kier alpha value is -2.96. The minimum atomic E-state index is -3.79. The van der Waals surface area contributed by atoms with Crippen molar-refractivity contribution < 1.29 is 13.2 Å². The van der Waals surface area contributed by atoms with Crippen LogP contribution in [0.5, 0.6) is 0 Å². The molecule has 1 aromatic carbocycles. The molecule has 5 rings (SSSR count). The molecule has 10 nitrogen and oxygen atoms in total. The zero-order chi connectivity index (χ0) is 22.1. The fourth-order valence-corrected chi connectivity index (χ4v) is 5.88. The van der Waals surface area contributed by atoms with Gasteiger partial charge in [0, 0.05) is 38.2 Å². The predicted octanol–water partition coefficient (Wildman–Crippen LogP) is 1.81. The molecular weight excluding hydrogens is 450 g/mol. The van der Waals surface area contributed by atoms with Gasteiger partial charge in [0.2, 0.25) is 15.9 Å². The SMILES string of the molecule is O=C(CCNS(=O)(=O)c1cccc2nsnc12)N1CCCC(c2nnc3ccccn23)C1. The molecule has 1 fully saturated rings. The number of rotatable bonds is 6. The van der Waals surface area contributed by atoms with Gasteiger partial charge in [-0.25, -0.2) is 13.1 Å². The number of carbonyl (C=O) groups is 1. The fourth-order valence-electron chi connectivity index (χ4n) is 4.08.